The minimum atomic E-state index is -0.273. The Morgan fingerprint density at radius 3 is 2.54 bits per heavy atom. The number of benzene rings is 3. The molecule has 5 rings (SSSR count). The van der Waals surface area contributed by atoms with Crippen molar-refractivity contribution in [2.75, 3.05) is 5.32 Å². The Balaban J connectivity index is 1.26. The number of phenolic OH excluding ortho intramolecular Hbond substituents is 1. The lowest BCUT2D eigenvalue weighted by Gasteiger charge is -2.12. The van der Waals surface area contributed by atoms with Crippen LogP contribution in [0.4, 0.5) is 5.82 Å². The number of carbonyl (C=O) groups excluding carboxylic acids is 1. The Hall–Kier alpha value is -5.10. The fourth-order valence-corrected chi connectivity index (χ4v) is 4.21. The number of anilines is 1. The summed E-state index contributed by atoms with van der Waals surface area (Å²) in [5, 5.41) is 30.1. The van der Waals surface area contributed by atoms with E-state index in [4.69, 9.17) is 13.1 Å². The lowest BCUT2D eigenvalue weighted by Crippen LogP contribution is -2.22. The van der Waals surface area contributed by atoms with Crippen molar-refractivity contribution in [1.82, 2.24) is 19.9 Å². The average Bonchev–Trinajstić information content (AvgIpc) is 3.35. The summed E-state index contributed by atoms with van der Waals surface area (Å²) in [6.45, 7) is 2.70. The Kier molecular flexibility index (Phi) is 7.28. The van der Waals surface area contributed by atoms with Gasteiger partial charge in [-0.25, -0.2) is 4.98 Å². The number of nitrogens with one attached hydrogen (secondary N) is 2. The molecule has 190 valence electrons. The van der Waals surface area contributed by atoms with Crippen LogP contribution in [0.15, 0.2) is 85.1 Å². The van der Waals surface area contributed by atoms with Gasteiger partial charge in [0.05, 0.1) is 17.7 Å². The SMILES string of the molecule is [B]c1cnn2c(NCc3ccc(CNC(=O)c4cccc(C(C)C#N)c4)cc3)cc(-c3ccccc3O)nc12. The van der Waals surface area contributed by atoms with Crippen LogP contribution in [-0.2, 0) is 13.1 Å². The molecule has 1 unspecified atom stereocenters. The molecule has 0 saturated heterocycles. The molecule has 8 nitrogen and oxygen atoms in total. The molecule has 1 amide bonds. The van der Waals surface area contributed by atoms with Gasteiger partial charge in [-0.1, -0.05) is 48.5 Å². The van der Waals surface area contributed by atoms with Gasteiger partial charge in [0.2, 0.25) is 0 Å². The summed E-state index contributed by atoms with van der Waals surface area (Å²) >= 11 is 0. The zero-order chi connectivity index (χ0) is 27.4. The van der Waals surface area contributed by atoms with Crippen LogP contribution in [0.2, 0.25) is 0 Å². The van der Waals surface area contributed by atoms with E-state index in [0.29, 0.717) is 46.8 Å². The zero-order valence-electron chi connectivity index (χ0n) is 21.3. The molecule has 9 heteroatoms. The molecule has 2 heterocycles. The summed E-state index contributed by atoms with van der Waals surface area (Å²) in [6.07, 6.45) is 1.55. The molecule has 0 aliphatic carbocycles. The van der Waals surface area contributed by atoms with E-state index in [1.807, 2.05) is 49.4 Å². The van der Waals surface area contributed by atoms with Crippen LogP contribution in [0.5, 0.6) is 5.75 Å². The van der Waals surface area contributed by atoms with Gasteiger partial charge in [-0.3, -0.25) is 4.79 Å². The molecule has 39 heavy (non-hydrogen) atoms. The number of hydrogen-bond acceptors (Lipinski definition) is 6. The van der Waals surface area contributed by atoms with Gasteiger partial charge >= 0.3 is 0 Å². The molecule has 0 bridgehead atoms. The van der Waals surface area contributed by atoms with Crippen LogP contribution in [0.3, 0.4) is 0 Å². The predicted molar refractivity (Wildman–Crippen MR) is 151 cm³/mol. The van der Waals surface area contributed by atoms with E-state index in [1.54, 1.807) is 47.1 Å². The Morgan fingerprint density at radius 2 is 1.79 bits per heavy atom. The van der Waals surface area contributed by atoms with E-state index in [-0.39, 0.29) is 17.6 Å². The highest BCUT2D eigenvalue weighted by atomic mass is 16.3. The van der Waals surface area contributed by atoms with Gasteiger partial charge in [-0.15, -0.1) is 0 Å². The number of nitriles is 1. The molecule has 3 aromatic carbocycles. The predicted octanol–water partition coefficient (Wildman–Crippen LogP) is 4.06. The normalized spacial score (nSPS) is 11.6. The third-order valence-electron chi connectivity index (χ3n) is 6.47. The van der Waals surface area contributed by atoms with Crippen molar-refractivity contribution in [1.29, 1.82) is 5.26 Å². The lowest BCUT2D eigenvalue weighted by atomic mass is 10.0. The van der Waals surface area contributed by atoms with Crippen LogP contribution >= 0.6 is 0 Å². The van der Waals surface area contributed by atoms with Gasteiger partial charge in [0.1, 0.15) is 19.4 Å². The molecule has 1 atom stereocenters. The fourth-order valence-electron chi connectivity index (χ4n) is 4.21. The van der Waals surface area contributed by atoms with E-state index < -0.39 is 0 Å². The van der Waals surface area contributed by atoms with E-state index in [9.17, 15) is 9.90 Å². The van der Waals surface area contributed by atoms with Gasteiger partial charge in [0, 0.05) is 36.5 Å². The summed E-state index contributed by atoms with van der Waals surface area (Å²) in [5.74, 6) is 0.350. The topological polar surface area (TPSA) is 115 Å². The number of phenols is 1. The van der Waals surface area contributed by atoms with Gasteiger partial charge in [0.25, 0.3) is 5.91 Å². The monoisotopic (exact) mass is 512 g/mol. The molecule has 0 aliphatic heterocycles. The molecule has 0 spiro atoms. The first kappa shape index (κ1) is 25.6. The van der Waals surface area contributed by atoms with E-state index in [0.717, 1.165) is 16.7 Å². The number of aromatic nitrogens is 3. The molecule has 3 N–H and O–H groups in total. The van der Waals surface area contributed by atoms with Crippen LogP contribution < -0.4 is 16.1 Å². The number of hydrogen-bond donors (Lipinski definition) is 3. The lowest BCUT2D eigenvalue weighted by molar-refractivity contribution is 0.0951. The van der Waals surface area contributed by atoms with E-state index in [2.05, 4.69) is 26.8 Å². The van der Waals surface area contributed by atoms with Crippen molar-refractivity contribution in [2.24, 2.45) is 0 Å². The van der Waals surface area contributed by atoms with E-state index >= 15 is 0 Å². The summed E-state index contributed by atoms with van der Waals surface area (Å²) in [6, 6.07) is 26.1. The summed E-state index contributed by atoms with van der Waals surface area (Å²) in [4.78, 5) is 17.2. The first-order valence-corrected chi connectivity index (χ1v) is 12.4. The highest BCUT2D eigenvalue weighted by molar-refractivity contribution is 6.36. The third kappa shape index (κ3) is 5.60. The molecule has 5 aromatic rings. The molecule has 2 aromatic heterocycles. The Labute approximate surface area is 227 Å². The molecular weight excluding hydrogens is 487 g/mol. The number of nitrogens with zero attached hydrogens (tertiary/aromatic N) is 4. The van der Waals surface area contributed by atoms with Gasteiger partial charge in [0.15, 0.2) is 5.65 Å². The second-order valence-corrected chi connectivity index (χ2v) is 9.21. The maximum atomic E-state index is 12.6. The second-order valence-electron chi connectivity index (χ2n) is 9.21. The average molecular weight is 512 g/mol. The number of amides is 1. The quantitative estimate of drug-likeness (QED) is 0.270. The Bertz CT molecular complexity index is 1690. The van der Waals surface area contributed by atoms with Crippen molar-refractivity contribution in [2.45, 2.75) is 25.9 Å². The number of carbonyl (C=O) groups is 1. The molecular formula is C30H25BN6O2. The van der Waals surface area contributed by atoms with Gasteiger partial charge in [-0.2, -0.15) is 14.9 Å². The minimum absolute atomic E-state index is 0.130. The van der Waals surface area contributed by atoms with Crippen LogP contribution in [-0.4, -0.2) is 33.5 Å². The highest BCUT2D eigenvalue weighted by Crippen LogP contribution is 2.29. The molecule has 2 radical (unpaired) electrons. The second kappa shape index (κ2) is 11.1. The fraction of sp³-hybridized carbons (Fsp3) is 0.133. The number of rotatable bonds is 8. The standard InChI is InChI=1S/C30H25BN6O2/c1-19(15-32)22-5-4-6-23(13-22)30(39)34-17-21-11-9-20(10-12-21)16-33-28-14-26(24-7-2-3-8-27(24)38)36-29-25(31)18-35-37(28)29/h2-14,18-19,33,38H,16-17H2,1H3,(H,34,39). The minimum Gasteiger partial charge on any atom is -0.507 e. The smallest absolute Gasteiger partial charge is 0.251 e. The van der Waals surface area contributed by atoms with Gasteiger partial charge in [-0.05, 0) is 53.3 Å². The third-order valence-corrected chi connectivity index (χ3v) is 6.47. The van der Waals surface area contributed by atoms with Crippen molar-refractivity contribution >= 4 is 30.7 Å². The van der Waals surface area contributed by atoms with Crippen LogP contribution in [0.25, 0.3) is 16.9 Å². The number of para-hydroxylation sites is 1. The van der Waals surface area contributed by atoms with Crippen LogP contribution in [0, 0.1) is 11.3 Å². The van der Waals surface area contributed by atoms with Crippen molar-refractivity contribution < 1.29 is 9.90 Å². The zero-order valence-corrected chi connectivity index (χ0v) is 21.3. The number of aromatic hydroxyl groups is 1. The summed E-state index contributed by atoms with van der Waals surface area (Å²) in [5.41, 5.74) is 5.44. The maximum Gasteiger partial charge on any atom is 0.251 e. The first-order valence-electron chi connectivity index (χ1n) is 12.4. The molecule has 0 fully saturated rings. The Morgan fingerprint density at radius 1 is 1.05 bits per heavy atom. The van der Waals surface area contributed by atoms with Crippen LogP contribution in [0.1, 0.15) is 39.9 Å². The maximum absolute atomic E-state index is 12.6. The summed E-state index contributed by atoms with van der Waals surface area (Å²) < 4.78 is 1.63. The van der Waals surface area contributed by atoms with Crippen molar-refractivity contribution in [3.05, 3.63) is 107 Å². The number of fused-ring (bicyclic) bond motifs is 1. The van der Waals surface area contributed by atoms with Crippen molar-refractivity contribution in [3.63, 3.8) is 0 Å². The van der Waals surface area contributed by atoms with Gasteiger partial charge < -0.3 is 15.7 Å². The summed E-state index contributed by atoms with van der Waals surface area (Å²) in [7, 11) is 6.09. The largest absolute Gasteiger partial charge is 0.507 e. The highest BCUT2D eigenvalue weighted by Gasteiger charge is 2.13. The molecule has 0 saturated carbocycles. The molecule has 0 aliphatic rings. The van der Waals surface area contributed by atoms with E-state index in [1.165, 1.54) is 0 Å². The first-order chi connectivity index (χ1) is 18.9. The van der Waals surface area contributed by atoms with Crippen molar-refractivity contribution in [3.8, 4) is 23.1 Å².